The van der Waals surface area contributed by atoms with Gasteiger partial charge >= 0.3 is 5.97 Å². The molecule has 4 nitrogen and oxygen atoms in total. The van der Waals surface area contributed by atoms with Crippen LogP contribution in [0.5, 0.6) is 17.2 Å². The third kappa shape index (κ3) is 2.96. The van der Waals surface area contributed by atoms with Gasteiger partial charge in [0.15, 0.2) is 11.5 Å². The molecule has 0 bridgehead atoms. The zero-order valence-electron chi connectivity index (χ0n) is 12.5. The molecular weight excluding hydrogens is 280 g/mol. The predicted octanol–water partition coefficient (Wildman–Crippen LogP) is 3.65. The Hall–Kier alpha value is -2.75. The number of esters is 1. The average molecular weight is 296 g/mol. The van der Waals surface area contributed by atoms with Crippen molar-refractivity contribution in [3.05, 3.63) is 59.2 Å². The van der Waals surface area contributed by atoms with Gasteiger partial charge in [-0.1, -0.05) is 24.3 Å². The van der Waals surface area contributed by atoms with E-state index in [1.54, 1.807) is 6.08 Å². The zero-order valence-corrected chi connectivity index (χ0v) is 12.5. The van der Waals surface area contributed by atoms with Crippen molar-refractivity contribution in [3.63, 3.8) is 0 Å². The van der Waals surface area contributed by atoms with Crippen LogP contribution in [0.25, 0.3) is 6.08 Å². The number of hydrogen-bond acceptors (Lipinski definition) is 4. The highest BCUT2D eigenvalue weighted by Crippen LogP contribution is 2.32. The molecule has 0 amide bonds. The lowest BCUT2D eigenvalue weighted by Gasteiger charge is -2.08. The summed E-state index contributed by atoms with van der Waals surface area (Å²) in [4.78, 5) is 12.0. The van der Waals surface area contributed by atoms with Gasteiger partial charge in [-0.2, -0.15) is 0 Å². The Labute approximate surface area is 128 Å². The Kier molecular flexibility index (Phi) is 3.83. The van der Waals surface area contributed by atoms with E-state index in [2.05, 4.69) is 0 Å². The van der Waals surface area contributed by atoms with Gasteiger partial charge in [-0.25, -0.2) is 4.79 Å². The van der Waals surface area contributed by atoms with Gasteiger partial charge in [-0.05, 0) is 48.7 Å². The summed E-state index contributed by atoms with van der Waals surface area (Å²) in [5.74, 6) is 1.61. The van der Waals surface area contributed by atoms with Crippen LogP contribution in [-0.2, 0) is 4.79 Å². The Morgan fingerprint density at radius 1 is 1.09 bits per heavy atom. The lowest BCUT2D eigenvalue weighted by atomic mass is 10.1. The second-order valence-corrected chi connectivity index (χ2v) is 5.09. The Balaban J connectivity index is 1.71. The predicted molar refractivity (Wildman–Crippen MR) is 83.2 cm³/mol. The van der Waals surface area contributed by atoms with Crippen LogP contribution in [0.2, 0.25) is 0 Å². The quantitative estimate of drug-likeness (QED) is 0.492. The van der Waals surface area contributed by atoms with Gasteiger partial charge in [-0.15, -0.1) is 0 Å². The molecule has 0 saturated heterocycles. The van der Waals surface area contributed by atoms with E-state index in [4.69, 9.17) is 14.2 Å². The van der Waals surface area contributed by atoms with Crippen molar-refractivity contribution in [2.75, 3.05) is 6.79 Å². The SMILES string of the molecule is Cc1cccc(C)c1OC(=O)/C=C/c1ccc2c(c1)OCO2. The van der Waals surface area contributed by atoms with E-state index >= 15 is 0 Å². The number of carbonyl (C=O) groups excluding carboxylic acids is 1. The van der Waals surface area contributed by atoms with E-state index in [0.29, 0.717) is 11.5 Å². The molecule has 4 heteroatoms. The Morgan fingerprint density at radius 2 is 1.82 bits per heavy atom. The Morgan fingerprint density at radius 3 is 2.59 bits per heavy atom. The largest absolute Gasteiger partial charge is 0.454 e. The molecule has 0 fully saturated rings. The molecule has 1 aliphatic heterocycles. The number of aryl methyl sites for hydroxylation is 2. The molecule has 0 unspecified atom stereocenters. The van der Waals surface area contributed by atoms with Crippen LogP contribution in [0.1, 0.15) is 16.7 Å². The first-order valence-electron chi connectivity index (χ1n) is 6.99. The van der Waals surface area contributed by atoms with Crippen molar-refractivity contribution in [3.8, 4) is 17.2 Å². The van der Waals surface area contributed by atoms with Crippen molar-refractivity contribution < 1.29 is 19.0 Å². The molecule has 1 heterocycles. The number of fused-ring (bicyclic) bond motifs is 1. The maximum atomic E-state index is 12.0. The minimum Gasteiger partial charge on any atom is -0.454 e. The number of hydrogen-bond donors (Lipinski definition) is 0. The first-order valence-corrected chi connectivity index (χ1v) is 6.99. The fraction of sp³-hybridized carbons (Fsp3) is 0.167. The van der Waals surface area contributed by atoms with Gasteiger partial charge in [0.05, 0.1) is 0 Å². The number of ether oxygens (including phenoxy) is 3. The summed E-state index contributed by atoms with van der Waals surface area (Å²) in [6.45, 7) is 4.06. The van der Waals surface area contributed by atoms with E-state index in [9.17, 15) is 4.79 Å². The molecule has 0 N–H and O–H groups in total. The first-order chi connectivity index (χ1) is 10.6. The fourth-order valence-corrected chi connectivity index (χ4v) is 2.28. The van der Waals surface area contributed by atoms with Crippen LogP contribution < -0.4 is 14.2 Å². The molecular formula is C18H16O4. The van der Waals surface area contributed by atoms with E-state index in [-0.39, 0.29) is 6.79 Å². The molecule has 1 aliphatic rings. The molecule has 0 radical (unpaired) electrons. The number of para-hydroxylation sites is 1. The van der Waals surface area contributed by atoms with Crippen LogP contribution in [0.15, 0.2) is 42.5 Å². The van der Waals surface area contributed by atoms with Crippen molar-refractivity contribution in [2.24, 2.45) is 0 Å². The topological polar surface area (TPSA) is 44.8 Å². The number of rotatable bonds is 3. The molecule has 0 saturated carbocycles. The highest BCUT2D eigenvalue weighted by Gasteiger charge is 2.12. The van der Waals surface area contributed by atoms with Gasteiger partial charge in [0.25, 0.3) is 0 Å². The standard InChI is InChI=1S/C18H16O4/c1-12-4-3-5-13(2)18(12)22-17(19)9-7-14-6-8-15-16(10-14)21-11-20-15/h3-10H,11H2,1-2H3/b9-7+. The summed E-state index contributed by atoms with van der Waals surface area (Å²) in [5.41, 5.74) is 2.72. The summed E-state index contributed by atoms with van der Waals surface area (Å²) in [6, 6.07) is 11.3. The Bertz CT molecular complexity index is 726. The van der Waals surface area contributed by atoms with Crippen LogP contribution >= 0.6 is 0 Å². The number of carbonyl (C=O) groups is 1. The smallest absolute Gasteiger partial charge is 0.336 e. The minimum atomic E-state index is -0.407. The highest BCUT2D eigenvalue weighted by atomic mass is 16.7. The van der Waals surface area contributed by atoms with E-state index in [1.807, 2.05) is 50.2 Å². The van der Waals surface area contributed by atoms with Crippen molar-refractivity contribution in [1.29, 1.82) is 0 Å². The number of benzene rings is 2. The molecule has 112 valence electrons. The van der Waals surface area contributed by atoms with Gasteiger partial charge in [0.2, 0.25) is 6.79 Å². The van der Waals surface area contributed by atoms with E-state index in [0.717, 1.165) is 22.4 Å². The monoisotopic (exact) mass is 296 g/mol. The van der Waals surface area contributed by atoms with Crippen molar-refractivity contribution >= 4 is 12.0 Å². The second-order valence-electron chi connectivity index (χ2n) is 5.09. The summed E-state index contributed by atoms with van der Waals surface area (Å²) in [5, 5.41) is 0. The molecule has 0 spiro atoms. The molecule has 0 atom stereocenters. The lowest BCUT2D eigenvalue weighted by Crippen LogP contribution is -2.06. The van der Waals surface area contributed by atoms with E-state index < -0.39 is 5.97 Å². The van der Waals surface area contributed by atoms with Crippen molar-refractivity contribution in [1.82, 2.24) is 0 Å². The lowest BCUT2D eigenvalue weighted by molar-refractivity contribution is -0.129. The molecule has 0 aromatic heterocycles. The third-order valence-electron chi connectivity index (χ3n) is 3.42. The van der Waals surface area contributed by atoms with Crippen molar-refractivity contribution in [2.45, 2.75) is 13.8 Å². The maximum Gasteiger partial charge on any atom is 0.336 e. The first kappa shape index (κ1) is 14.2. The molecule has 3 rings (SSSR count). The summed E-state index contributed by atoms with van der Waals surface area (Å²) < 4.78 is 16.0. The van der Waals surface area contributed by atoms with Crippen LogP contribution in [0.4, 0.5) is 0 Å². The van der Waals surface area contributed by atoms with Crippen LogP contribution in [-0.4, -0.2) is 12.8 Å². The third-order valence-corrected chi connectivity index (χ3v) is 3.42. The molecule has 2 aromatic rings. The minimum absolute atomic E-state index is 0.233. The van der Waals surface area contributed by atoms with Gasteiger partial charge in [0, 0.05) is 6.08 Å². The second kappa shape index (κ2) is 5.93. The normalized spacial score (nSPS) is 12.6. The average Bonchev–Trinajstić information content (AvgIpc) is 2.96. The highest BCUT2D eigenvalue weighted by molar-refractivity contribution is 5.89. The van der Waals surface area contributed by atoms with Crippen LogP contribution in [0.3, 0.4) is 0 Å². The van der Waals surface area contributed by atoms with E-state index in [1.165, 1.54) is 6.08 Å². The summed E-state index contributed by atoms with van der Waals surface area (Å²) in [6.07, 6.45) is 3.10. The zero-order chi connectivity index (χ0) is 15.5. The van der Waals surface area contributed by atoms with Crippen LogP contribution in [0, 0.1) is 13.8 Å². The fourth-order valence-electron chi connectivity index (χ4n) is 2.28. The summed E-state index contributed by atoms with van der Waals surface area (Å²) in [7, 11) is 0. The molecule has 22 heavy (non-hydrogen) atoms. The summed E-state index contributed by atoms with van der Waals surface area (Å²) >= 11 is 0. The molecule has 0 aliphatic carbocycles. The van der Waals surface area contributed by atoms with Gasteiger partial charge < -0.3 is 14.2 Å². The van der Waals surface area contributed by atoms with Gasteiger partial charge in [-0.3, -0.25) is 0 Å². The molecule has 2 aromatic carbocycles. The van der Waals surface area contributed by atoms with Gasteiger partial charge in [0.1, 0.15) is 5.75 Å². The maximum absolute atomic E-state index is 12.0.